The van der Waals surface area contributed by atoms with Crippen molar-refractivity contribution in [3.8, 4) is 0 Å². The fraction of sp³-hybridized carbons (Fsp3) is 0.714. The summed E-state index contributed by atoms with van der Waals surface area (Å²) in [6.45, 7) is 5.46. The van der Waals surface area contributed by atoms with Crippen LogP contribution >= 0.6 is 0 Å². The quantitative estimate of drug-likeness (QED) is 0.871. The van der Waals surface area contributed by atoms with Gasteiger partial charge in [-0.05, 0) is 20.5 Å². The van der Waals surface area contributed by atoms with Gasteiger partial charge in [-0.2, -0.15) is 0 Å². The first-order valence-corrected chi connectivity index (χ1v) is 7.09. The number of rotatable bonds is 4. The maximum Gasteiger partial charge on any atom is 0.132 e. The molecule has 1 saturated heterocycles. The Hall–Kier alpha value is -1.20. The molecule has 1 atom stereocenters. The molecule has 0 aliphatic carbocycles. The van der Waals surface area contributed by atoms with Gasteiger partial charge in [0.25, 0.3) is 0 Å². The molecule has 1 aromatic rings. The van der Waals surface area contributed by atoms with Crippen LogP contribution < -0.4 is 5.73 Å². The van der Waals surface area contributed by atoms with E-state index in [0.717, 1.165) is 50.4 Å². The second kappa shape index (κ2) is 6.30. The van der Waals surface area contributed by atoms with Gasteiger partial charge in [0, 0.05) is 43.9 Å². The highest BCUT2D eigenvalue weighted by atomic mass is 15.3. The van der Waals surface area contributed by atoms with Gasteiger partial charge >= 0.3 is 0 Å². The molecule has 5 heteroatoms. The van der Waals surface area contributed by atoms with Crippen LogP contribution in [-0.4, -0.2) is 59.5 Å². The Morgan fingerprint density at radius 3 is 2.84 bits per heavy atom. The normalized spacial score (nSPS) is 21.7. The van der Waals surface area contributed by atoms with Gasteiger partial charge in [0.1, 0.15) is 11.6 Å². The lowest BCUT2D eigenvalue weighted by Gasteiger charge is -2.37. The first kappa shape index (κ1) is 14.2. The van der Waals surface area contributed by atoms with Gasteiger partial charge in [-0.15, -0.1) is 0 Å². The molecule has 0 spiro atoms. The number of nitrogen functional groups attached to an aromatic ring is 1. The minimum Gasteiger partial charge on any atom is -0.384 e. The van der Waals surface area contributed by atoms with E-state index in [4.69, 9.17) is 5.73 Å². The van der Waals surface area contributed by atoms with Gasteiger partial charge in [-0.3, -0.25) is 0 Å². The van der Waals surface area contributed by atoms with Crippen LogP contribution in [0.25, 0.3) is 0 Å². The average molecular weight is 263 g/mol. The van der Waals surface area contributed by atoms with Crippen molar-refractivity contribution >= 4 is 5.82 Å². The molecule has 1 aromatic heterocycles. The lowest BCUT2D eigenvalue weighted by molar-refractivity contribution is 0.113. The predicted octanol–water partition coefficient (Wildman–Crippen LogP) is 0.800. The molecule has 1 aliphatic rings. The number of piperazine rings is 1. The van der Waals surface area contributed by atoms with Crippen LogP contribution in [0.15, 0.2) is 6.07 Å². The number of nitrogens with zero attached hydrogens (tertiary/aromatic N) is 4. The number of aromatic nitrogens is 2. The molecule has 2 rings (SSSR count). The molecule has 1 unspecified atom stereocenters. The van der Waals surface area contributed by atoms with Crippen LogP contribution in [0.2, 0.25) is 0 Å². The lowest BCUT2D eigenvalue weighted by atomic mass is 10.1. The largest absolute Gasteiger partial charge is 0.384 e. The van der Waals surface area contributed by atoms with Crippen LogP contribution in [0, 0.1) is 0 Å². The fourth-order valence-corrected chi connectivity index (χ4v) is 2.58. The highest BCUT2D eigenvalue weighted by Crippen LogP contribution is 2.12. The summed E-state index contributed by atoms with van der Waals surface area (Å²) in [6, 6.07) is 2.37. The van der Waals surface area contributed by atoms with Crippen LogP contribution in [0.1, 0.15) is 24.9 Å². The third-order valence-electron chi connectivity index (χ3n) is 3.75. The maximum absolute atomic E-state index is 5.88. The number of hydrogen-bond donors (Lipinski definition) is 1. The lowest BCUT2D eigenvalue weighted by Crippen LogP contribution is -2.51. The molecule has 1 aliphatic heterocycles. The zero-order valence-electron chi connectivity index (χ0n) is 12.3. The first-order valence-electron chi connectivity index (χ1n) is 7.09. The smallest absolute Gasteiger partial charge is 0.132 e. The van der Waals surface area contributed by atoms with Crippen molar-refractivity contribution in [2.24, 2.45) is 0 Å². The Morgan fingerprint density at radius 2 is 2.11 bits per heavy atom. The molecule has 0 radical (unpaired) electrons. The maximum atomic E-state index is 5.88. The monoisotopic (exact) mass is 263 g/mol. The van der Waals surface area contributed by atoms with E-state index < -0.39 is 0 Å². The van der Waals surface area contributed by atoms with Gasteiger partial charge in [0.05, 0.1) is 0 Å². The van der Waals surface area contributed by atoms with Crippen molar-refractivity contribution in [1.82, 2.24) is 19.8 Å². The Kier molecular flexibility index (Phi) is 4.71. The molecule has 0 bridgehead atoms. The minimum atomic E-state index is 0.482. The van der Waals surface area contributed by atoms with Gasteiger partial charge in [0.2, 0.25) is 0 Å². The van der Waals surface area contributed by atoms with E-state index in [9.17, 15) is 0 Å². The van der Waals surface area contributed by atoms with Crippen LogP contribution in [0.5, 0.6) is 0 Å². The molecular weight excluding hydrogens is 238 g/mol. The molecule has 19 heavy (non-hydrogen) atoms. The van der Waals surface area contributed by atoms with Gasteiger partial charge in [0.15, 0.2) is 0 Å². The Bertz CT molecular complexity index is 420. The van der Waals surface area contributed by atoms with Crippen molar-refractivity contribution < 1.29 is 0 Å². The number of anilines is 1. The topological polar surface area (TPSA) is 58.3 Å². The second-order valence-electron chi connectivity index (χ2n) is 5.55. The summed E-state index contributed by atoms with van der Waals surface area (Å²) in [5, 5.41) is 0. The van der Waals surface area contributed by atoms with E-state index in [0.29, 0.717) is 11.9 Å². The highest BCUT2D eigenvalue weighted by molar-refractivity contribution is 5.30. The number of hydrogen-bond acceptors (Lipinski definition) is 5. The molecule has 2 heterocycles. The third kappa shape index (κ3) is 3.88. The van der Waals surface area contributed by atoms with Gasteiger partial charge < -0.3 is 15.5 Å². The molecular formula is C14H25N5. The van der Waals surface area contributed by atoms with Gasteiger partial charge in [-0.25, -0.2) is 9.97 Å². The number of nitrogens with two attached hydrogens (primary N) is 1. The van der Waals surface area contributed by atoms with Crippen molar-refractivity contribution in [3.05, 3.63) is 17.6 Å². The second-order valence-corrected chi connectivity index (χ2v) is 5.55. The van der Waals surface area contributed by atoms with E-state index in [2.05, 4.69) is 40.8 Å². The third-order valence-corrected chi connectivity index (χ3v) is 3.75. The zero-order chi connectivity index (χ0) is 13.8. The van der Waals surface area contributed by atoms with E-state index in [1.807, 2.05) is 6.07 Å². The van der Waals surface area contributed by atoms with Crippen LogP contribution in [0.3, 0.4) is 0 Å². The molecule has 2 N–H and O–H groups in total. The van der Waals surface area contributed by atoms with Crippen molar-refractivity contribution in [2.45, 2.75) is 32.2 Å². The van der Waals surface area contributed by atoms with Crippen molar-refractivity contribution in [3.63, 3.8) is 0 Å². The number of aryl methyl sites for hydroxylation is 1. The predicted molar refractivity (Wildman–Crippen MR) is 78.1 cm³/mol. The standard InChI is InChI=1S/C14H25N5/c1-4-5-11-8-13(15)17-14(16-11)9-12-10-18(2)6-7-19(12)3/h8,12H,4-7,9-10H2,1-3H3,(H2,15,16,17). The van der Waals surface area contributed by atoms with E-state index in [1.165, 1.54) is 0 Å². The molecule has 106 valence electrons. The minimum absolute atomic E-state index is 0.482. The van der Waals surface area contributed by atoms with E-state index in [1.54, 1.807) is 0 Å². The zero-order valence-corrected chi connectivity index (χ0v) is 12.3. The number of likely N-dealkylation sites (N-methyl/N-ethyl adjacent to an activating group) is 2. The highest BCUT2D eigenvalue weighted by Gasteiger charge is 2.23. The average Bonchev–Trinajstić information content (AvgIpc) is 2.33. The summed E-state index contributed by atoms with van der Waals surface area (Å²) >= 11 is 0. The summed E-state index contributed by atoms with van der Waals surface area (Å²) in [7, 11) is 4.35. The Labute approximate surface area is 115 Å². The van der Waals surface area contributed by atoms with Crippen molar-refractivity contribution in [1.29, 1.82) is 0 Å². The van der Waals surface area contributed by atoms with E-state index >= 15 is 0 Å². The van der Waals surface area contributed by atoms with Crippen molar-refractivity contribution in [2.75, 3.05) is 39.5 Å². The molecule has 0 amide bonds. The Morgan fingerprint density at radius 1 is 1.32 bits per heavy atom. The molecule has 1 fully saturated rings. The first-order chi connectivity index (χ1) is 9.08. The SMILES string of the molecule is CCCc1cc(N)nc(CC2CN(C)CCN2C)n1. The Balaban J connectivity index is 2.09. The summed E-state index contributed by atoms with van der Waals surface area (Å²) < 4.78 is 0. The van der Waals surface area contributed by atoms with E-state index in [-0.39, 0.29) is 0 Å². The van der Waals surface area contributed by atoms with Gasteiger partial charge in [-0.1, -0.05) is 13.3 Å². The molecule has 5 nitrogen and oxygen atoms in total. The molecule has 0 saturated carbocycles. The summed E-state index contributed by atoms with van der Waals surface area (Å²) in [4.78, 5) is 13.8. The summed E-state index contributed by atoms with van der Waals surface area (Å²) in [5.41, 5.74) is 6.95. The molecule has 0 aromatic carbocycles. The fourth-order valence-electron chi connectivity index (χ4n) is 2.58. The summed E-state index contributed by atoms with van der Waals surface area (Å²) in [6.07, 6.45) is 2.94. The van der Waals surface area contributed by atoms with Crippen LogP contribution in [0.4, 0.5) is 5.82 Å². The summed E-state index contributed by atoms with van der Waals surface area (Å²) in [5.74, 6) is 1.48. The van der Waals surface area contributed by atoms with Crippen LogP contribution in [-0.2, 0) is 12.8 Å².